The van der Waals surface area contributed by atoms with E-state index >= 15 is 0 Å². The van der Waals surface area contributed by atoms with Crippen LogP contribution in [0.4, 0.5) is 8.78 Å². The van der Waals surface area contributed by atoms with Crippen molar-refractivity contribution >= 4 is 15.9 Å². The number of benzene rings is 2. The van der Waals surface area contributed by atoms with Gasteiger partial charge in [0.15, 0.2) is 0 Å². The smallest absolute Gasteiger partial charge is 0.251 e. The minimum absolute atomic E-state index is 0.0897. The monoisotopic (exact) mass is 396 g/mol. The Morgan fingerprint density at radius 3 is 2.07 bits per heavy atom. The van der Waals surface area contributed by atoms with Gasteiger partial charge in [-0.3, -0.25) is 4.79 Å². The van der Waals surface area contributed by atoms with Crippen molar-refractivity contribution in [3.63, 3.8) is 0 Å². The SMILES string of the molecule is CCN(CC)S(=O)(=O)c1ccc(CCNC(=O)c2cc(F)cc(F)c2)cc1. The molecular formula is C19H22F2N2O3S. The molecule has 2 aromatic rings. The molecule has 2 rings (SSSR count). The van der Waals surface area contributed by atoms with Crippen molar-refractivity contribution in [2.24, 2.45) is 0 Å². The molecule has 0 aliphatic rings. The molecule has 27 heavy (non-hydrogen) atoms. The lowest BCUT2D eigenvalue weighted by molar-refractivity contribution is 0.0953. The fourth-order valence-electron chi connectivity index (χ4n) is 2.65. The third-order valence-corrected chi connectivity index (χ3v) is 6.15. The minimum Gasteiger partial charge on any atom is -0.352 e. The molecule has 0 aliphatic carbocycles. The van der Waals surface area contributed by atoms with Gasteiger partial charge in [0.05, 0.1) is 4.90 Å². The van der Waals surface area contributed by atoms with Crippen LogP contribution in [0.15, 0.2) is 47.4 Å². The second kappa shape index (κ2) is 9.05. The second-order valence-corrected chi connectivity index (χ2v) is 7.84. The van der Waals surface area contributed by atoms with Crippen LogP contribution in [0.1, 0.15) is 29.8 Å². The molecule has 0 heterocycles. The molecule has 0 radical (unpaired) electrons. The molecule has 5 nitrogen and oxygen atoms in total. The van der Waals surface area contributed by atoms with Gasteiger partial charge >= 0.3 is 0 Å². The van der Waals surface area contributed by atoms with Crippen LogP contribution in [0.3, 0.4) is 0 Å². The highest BCUT2D eigenvalue weighted by Gasteiger charge is 2.21. The third kappa shape index (κ3) is 5.33. The number of nitrogens with zero attached hydrogens (tertiary/aromatic N) is 1. The Bertz CT molecular complexity index is 875. The van der Waals surface area contributed by atoms with Crippen LogP contribution in [0.25, 0.3) is 0 Å². The lowest BCUT2D eigenvalue weighted by Crippen LogP contribution is -2.30. The van der Waals surface area contributed by atoms with Gasteiger partial charge in [-0.05, 0) is 36.2 Å². The molecule has 0 aromatic heterocycles. The number of hydrogen-bond donors (Lipinski definition) is 1. The summed E-state index contributed by atoms with van der Waals surface area (Å²) in [5.41, 5.74) is 0.743. The standard InChI is InChI=1S/C19H22F2N2O3S/c1-3-23(4-2)27(25,26)18-7-5-14(6-8-18)9-10-22-19(24)15-11-16(20)13-17(21)12-15/h5-8,11-13H,3-4,9-10H2,1-2H3,(H,22,24). The third-order valence-electron chi connectivity index (χ3n) is 4.09. The maximum absolute atomic E-state index is 13.1. The zero-order valence-corrected chi connectivity index (χ0v) is 16.0. The second-order valence-electron chi connectivity index (χ2n) is 5.90. The number of halogens is 2. The van der Waals surface area contributed by atoms with Crippen LogP contribution >= 0.6 is 0 Å². The minimum atomic E-state index is -3.50. The summed E-state index contributed by atoms with van der Waals surface area (Å²) in [4.78, 5) is 12.2. The van der Waals surface area contributed by atoms with Gasteiger partial charge in [0.25, 0.3) is 5.91 Å². The molecule has 1 N–H and O–H groups in total. The number of rotatable bonds is 8. The number of carbonyl (C=O) groups is 1. The lowest BCUT2D eigenvalue weighted by Gasteiger charge is -2.18. The van der Waals surface area contributed by atoms with Crippen molar-refractivity contribution in [2.75, 3.05) is 19.6 Å². The summed E-state index contributed by atoms with van der Waals surface area (Å²) < 4.78 is 52.5. The molecule has 0 aliphatic heterocycles. The van der Waals surface area contributed by atoms with Gasteiger partial charge in [-0.25, -0.2) is 17.2 Å². The summed E-state index contributed by atoms with van der Waals surface area (Å²) in [5, 5.41) is 2.58. The van der Waals surface area contributed by atoms with E-state index in [1.54, 1.807) is 26.0 Å². The van der Waals surface area contributed by atoms with Crippen LogP contribution in [0.2, 0.25) is 0 Å². The number of hydrogen-bond acceptors (Lipinski definition) is 3. The normalized spacial score (nSPS) is 11.6. The number of nitrogens with one attached hydrogen (secondary N) is 1. The van der Waals surface area contributed by atoms with E-state index in [4.69, 9.17) is 0 Å². The van der Waals surface area contributed by atoms with Crippen molar-refractivity contribution in [3.05, 3.63) is 65.2 Å². The first-order valence-electron chi connectivity index (χ1n) is 8.61. The molecule has 0 spiro atoms. The number of sulfonamides is 1. The van der Waals surface area contributed by atoms with Gasteiger partial charge in [-0.2, -0.15) is 4.31 Å². The van der Waals surface area contributed by atoms with E-state index in [2.05, 4.69) is 5.32 Å². The van der Waals surface area contributed by atoms with Crippen LogP contribution in [-0.2, 0) is 16.4 Å². The Morgan fingerprint density at radius 1 is 1.00 bits per heavy atom. The molecule has 146 valence electrons. The first-order valence-corrected chi connectivity index (χ1v) is 10.0. The van der Waals surface area contributed by atoms with Crippen molar-refractivity contribution < 1.29 is 22.0 Å². The summed E-state index contributed by atoms with van der Waals surface area (Å²) in [6.45, 7) is 4.60. The summed E-state index contributed by atoms with van der Waals surface area (Å²) >= 11 is 0. The Balaban J connectivity index is 1.96. The molecule has 0 saturated carbocycles. The summed E-state index contributed by atoms with van der Waals surface area (Å²) in [6.07, 6.45) is 0.454. The highest BCUT2D eigenvalue weighted by Crippen LogP contribution is 2.16. The van der Waals surface area contributed by atoms with Gasteiger partial charge in [0, 0.05) is 31.3 Å². The van der Waals surface area contributed by atoms with Gasteiger partial charge in [0.2, 0.25) is 10.0 Å². The van der Waals surface area contributed by atoms with E-state index in [0.29, 0.717) is 25.6 Å². The molecule has 0 bridgehead atoms. The average Bonchev–Trinajstić information content (AvgIpc) is 2.62. The molecule has 0 fully saturated rings. The molecule has 8 heteroatoms. The van der Waals surface area contributed by atoms with Gasteiger partial charge < -0.3 is 5.32 Å². The fourth-order valence-corrected chi connectivity index (χ4v) is 4.11. The Morgan fingerprint density at radius 2 is 1.56 bits per heavy atom. The topological polar surface area (TPSA) is 66.5 Å². The van der Waals surface area contributed by atoms with Crippen molar-refractivity contribution in [3.8, 4) is 0 Å². The van der Waals surface area contributed by atoms with E-state index < -0.39 is 27.6 Å². The first-order chi connectivity index (χ1) is 12.8. The fraction of sp³-hybridized carbons (Fsp3) is 0.316. The lowest BCUT2D eigenvalue weighted by atomic mass is 10.1. The zero-order valence-electron chi connectivity index (χ0n) is 15.2. The Hall–Kier alpha value is -2.32. The molecule has 0 atom stereocenters. The summed E-state index contributed by atoms with van der Waals surface area (Å²) in [7, 11) is -3.50. The number of amides is 1. The van der Waals surface area contributed by atoms with Crippen LogP contribution < -0.4 is 5.32 Å². The van der Waals surface area contributed by atoms with E-state index in [1.165, 1.54) is 16.4 Å². The van der Waals surface area contributed by atoms with Crippen molar-refractivity contribution in [1.82, 2.24) is 9.62 Å². The zero-order chi connectivity index (χ0) is 20.0. The average molecular weight is 396 g/mol. The maximum atomic E-state index is 13.1. The van der Waals surface area contributed by atoms with Gasteiger partial charge in [0.1, 0.15) is 11.6 Å². The quantitative estimate of drug-likeness (QED) is 0.746. The van der Waals surface area contributed by atoms with E-state index in [0.717, 1.165) is 17.7 Å². The molecular weight excluding hydrogens is 374 g/mol. The van der Waals surface area contributed by atoms with E-state index in [9.17, 15) is 22.0 Å². The Labute approximate surface area is 158 Å². The molecule has 1 amide bonds. The predicted molar refractivity (Wildman–Crippen MR) is 98.9 cm³/mol. The molecule has 2 aromatic carbocycles. The largest absolute Gasteiger partial charge is 0.352 e. The van der Waals surface area contributed by atoms with E-state index in [-0.39, 0.29) is 17.0 Å². The maximum Gasteiger partial charge on any atom is 0.251 e. The number of carbonyl (C=O) groups excluding carboxylic acids is 1. The van der Waals surface area contributed by atoms with Gasteiger partial charge in [-0.1, -0.05) is 26.0 Å². The van der Waals surface area contributed by atoms with E-state index in [1.807, 2.05) is 0 Å². The van der Waals surface area contributed by atoms with Crippen LogP contribution in [0, 0.1) is 11.6 Å². The van der Waals surface area contributed by atoms with Crippen LogP contribution in [-0.4, -0.2) is 38.3 Å². The molecule has 0 unspecified atom stereocenters. The van der Waals surface area contributed by atoms with Crippen LogP contribution in [0.5, 0.6) is 0 Å². The highest BCUT2D eigenvalue weighted by atomic mass is 32.2. The Kier molecular flexibility index (Phi) is 7.04. The first kappa shape index (κ1) is 21.0. The summed E-state index contributed by atoms with van der Waals surface area (Å²) in [6, 6.07) is 9.06. The van der Waals surface area contributed by atoms with Crippen molar-refractivity contribution in [1.29, 1.82) is 0 Å². The van der Waals surface area contributed by atoms with Crippen molar-refractivity contribution in [2.45, 2.75) is 25.2 Å². The predicted octanol–water partition coefficient (Wildman–Crippen LogP) is 2.97. The molecule has 0 saturated heterocycles. The summed E-state index contributed by atoms with van der Waals surface area (Å²) in [5.74, 6) is -2.20. The highest BCUT2D eigenvalue weighted by molar-refractivity contribution is 7.89. The van der Waals surface area contributed by atoms with Gasteiger partial charge in [-0.15, -0.1) is 0 Å².